The summed E-state index contributed by atoms with van der Waals surface area (Å²) in [5, 5.41) is 3.38. The summed E-state index contributed by atoms with van der Waals surface area (Å²) in [4.78, 5) is 56.8. The average molecular weight is 610 g/mol. The molecule has 2 N–H and O–H groups in total. The number of aromatic nitrogens is 1. The van der Waals surface area contributed by atoms with Gasteiger partial charge in [-0.1, -0.05) is 18.6 Å². The summed E-state index contributed by atoms with van der Waals surface area (Å²) in [5.74, 6) is -1.28. The van der Waals surface area contributed by atoms with Crippen LogP contribution in [0, 0.1) is 13.8 Å². The van der Waals surface area contributed by atoms with Gasteiger partial charge in [0.1, 0.15) is 5.75 Å². The number of nitrogens with one attached hydrogen (secondary N) is 2. The van der Waals surface area contributed by atoms with Crippen molar-refractivity contribution in [2.75, 3.05) is 13.7 Å². The number of ether oxygens (including phenoxy) is 1. The molecule has 3 amide bonds. The smallest absolute Gasteiger partial charge is 0.497 e. The number of aryl methyl sites for hydroxylation is 2. The van der Waals surface area contributed by atoms with E-state index < -0.39 is 31.2 Å². The molecule has 10 nitrogen and oxygen atoms in total. The number of aromatic amines is 1. The normalized spacial score (nSPS) is 17.3. The number of halogens is 2. The monoisotopic (exact) mass is 610 g/mol. The molecule has 1 aromatic heterocycles. The maximum absolute atomic E-state index is 14.6. The lowest BCUT2D eigenvalue weighted by molar-refractivity contribution is -0.197. The van der Waals surface area contributed by atoms with Crippen LogP contribution in [0.15, 0.2) is 47.7 Å². The lowest BCUT2D eigenvalue weighted by Crippen LogP contribution is -2.33. The number of hydroxylamine groups is 2. The first kappa shape index (κ1) is 32.5. The van der Waals surface area contributed by atoms with Crippen molar-refractivity contribution in [2.45, 2.75) is 71.3 Å². The number of nitrogens with zero attached hydrogens (tertiary/aromatic N) is 2. The fourth-order valence-electron chi connectivity index (χ4n) is 5.38. The molecule has 0 spiro atoms. The molecule has 2 aliphatic rings. The third-order valence-electron chi connectivity index (χ3n) is 7.60. The third-order valence-corrected chi connectivity index (χ3v) is 7.60. The van der Waals surface area contributed by atoms with Gasteiger partial charge < -0.3 is 24.7 Å². The number of rotatable bonds is 14. The van der Waals surface area contributed by atoms with E-state index in [2.05, 4.69) is 10.3 Å². The second-order valence-corrected chi connectivity index (χ2v) is 10.9. The quantitative estimate of drug-likeness (QED) is 0.176. The predicted octanol–water partition coefficient (Wildman–Crippen LogP) is 4.95. The van der Waals surface area contributed by atoms with Crippen LogP contribution in [0.25, 0.3) is 6.08 Å². The molecule has 1 atom stereocenters. The maximum Gasteiger partial charge on any atom is 0.674 e. The molecule has 4 rings (SSSR count). The van der Waals surface area contributed by atoms with Gasteiger partial charge in [-0.15, -0.1) is 5.06 Å². The molecule has 0 aliphatic carbocycles. The standard InChI is InChI=1S/C31H37BF2N4O6/c1-20-17-21(2)36-26(20)19-24-18-23(31(37(24)32(33)34)22-8-11-25(43-3)12-9-22)10-13-27(39)35-16-6-4-5-7-30(42)44-38-28(40)14-15-29(38)41/h8-9,11-12,17-19,31,36H,4-7,10,13-16H2,1-3H3,(H,35,39)/b24-19-. The molecule has 2 aromatic rings. The number of hydrogen-bond acceptors (Lipinski definition) is 7. The molecule has 0 radical (unpaired) electrons. The summed E-state index contributed by atoms with van der Waals surface area (Å²) in [6, 6.07) is 8.19. The van der Waals surface area contributed by atoms with Gasteiger partial charge in [-0.05, 0) is 80.2 Å². The first-order chi connectivity index (χ1) is 21.1. The zero-order chi connectivity index (χ0) is 31.8. The highest BCUT2D eigenvalue weighted by molar-refractivity contribution is 6.40. The molecule has 2 aliphatic heterocycles. The maximum atomic E-state index is 14.6. The van der Waals surface area contributed by atoms with Crippen LogP contribution in [-0.4, -0.2) is 59.6 Å². The van der Waals surface area contributed by atoms with Crippen LogP contribution >= 0.6 is 0 Å². The molecule has 1 unspecified atom stereocenters. The molecule has 1 saturated heterocycles. The summed E-state index contributed by atoms with van der Waals surface area (Å²) >= 11 is 0. The lowest BCUT2D eigenvalue weighted by atomic mass is 9.93. The van der Waals surface area contributed by atoms with E-state index in [0.29, 0.717) is 53.5 Å². The first-order valence-corrected chi connectivity index (χ1v) is 14.7. The van der Waals surface area contributed by atoms with Crippen LogP contribution in [0.2, 0.25) is 0 Å². The van der Waals surface area contributed by atoms with E-state index in [1.54, 1.807) is 36.4 Å². The van der Waals surface area contributed by atoms with Crippen LogP contribution in [0.5, 0.6) is 5.75 Å². The van der Waals surface area contributed by atoms with Crippen LogP contribution in [0.3, 0.4) is 0 Å². The molecular weight excluding hydrogens is 573 g/mol. The van der Waals surface area contributed by atoms with Gasteiger partial charge in [0, 0.05) is 49.3 Å². The molecule has 0 saturated carbocycles. The van der Waals surface area contributed by atoms with Crippen molar-refractivity contribution in [1.82, 2.24) is 20.2 Å². The van der Waals surface area contributed by atoms with Crippen LogP contribution in [0.4, 0.5) is 8.63 Å². The highest BCUT2D eigenvalue weighted by Crippen LogP contribution is 2.43. The van der Waals surface area contributed by atoms with Gasteiger partial charge in [0.15, 0.2) is 0 Å². The van der Waals surface area contributed by atoms with Gasteiger partial charge >= 0.3 is 13.4 Å². The number of allylic oxidation sites excluding steroid dienone is 1. The van der Waals surface area contributed by atoms with E-state index in [-0.39, 0.29) is 38.0 Å². The summed E-state index contributed by atoms with van der Waals surface area (Å²) in [6.45, 7) is 4.21. The molecule has 0 bridgehead atoms. The SMILES string of the molecule is COc1ccc(C2C(CCC(=O)NCCCCCC(=O)ON3C(=O)CCC3=O)=C/C(=C/c3[nH]c(C)cc3C)N2B(F)F)cc1. The van der Waals surface area contributed by atoms with Gasteiger partial charge in [-0.3, -0.25) is 23.0 Å². The largest absolute Gasteiger partial charge is 0.674 e. The molecule has 1 fully saturated rings. The Morgan fingerprint density at radius 1 is 1.07 bits per heavy atom. The predicted molar refractivity (Wildman–Crippen MR) is 160 cm³/mol. The van der Waals surface area contributed by atoms with E-state index in [1.807, 2.05) is 19.9 Å². The Bertz CT molecular complexity index is 1420. The number of methoxy groups -OCH3 is 1. The Hall–Kier alpha value is -4.42. The molecule has 44 heavy (non-hydrogen) atoms. The zero-order valence-corrected chi connectivity index (χ0v) is 25.2. The van der Waals surface area contributed by atoms with Gasteiger partial charge in [-0.25, -0.2) is 4.79 Å². The molecule has 3 heterocycles. The number of imide groups is 1. The van der Waals surface area contributed by atoms with E-state index in [1.165, 1.54) is 7.11 Å². The minimum absolute atomic E-state index is 0.0421. The number of benzene rings is 1. The third kappa shape index (κ3) is 8.15. The van der Waals surface area contributed by atoms with Crippen molar-refractivity contribution >= 4 is 37.2 Å². The molecule has 1 aromatic carbocycles. The number of unbranched alkanes of at least 4 members (excludes halogenated alkanes) is 2. The number of hydrogen-bond donors (Lipinski definition) is 2. The Balaban J connectivity index is 1.32. The van der Waals surface area contributed by atoms with Crippen molar-refractivity contribution in [3.05, 3.63) is 70.2 Å². The minimum Gasteiger partial charge on any atom is -0.497 e. The number of carbonyl (C=O) groups excluding carboxylic acids is 4. The zero-order valence-electron chi connectivity index (χ0n) is 25.2. The fraction of sp³-hybridized carbons (Fsp3) is 0.419. The van der Waals surface area contributed by atoms with Gasteiger partial charge in [0.2, 0.25) is 5.91 Å². The lowest BCUT2D eigenvalue weighted by Gasteiger charge is -2.28. The fourth-order valence-corrected chi connectivity index (χ4v) is 5.38. The van der Waals surface area contributed by atoms with Crippen molar-refractivity contribution in [3.8, 4) is 5.75 Å². The number of amides is 3. The highest BCUT2D eigenvalue weighted by Gasteiger charge is 2.40. The molecular formula is C31H37BF2N4O6. The Morgan fingerprint density at radius 3 is 2.39 bits per heavy atom. The van der Waals surface area contributed by atoms with Crippen LogP contribution < -0.4 is 10.1 Å². The van der Waals surface area contributed by atoms with Gasteiger partial charge in [0.25, 0.3) is 11.8 Å². The van der Waals surface area contributed by atoms with E-state index in [9.17, 15) is 27.8 Å². The van der Waals surface area contributed by atoms with Crippen molar-refractivity contribution in [1.29, 1.82) is 0 Å². The van der Waals surface area contributed by atoms with Gasteiger partial charge in [-0.2, -0.15) is 0 Å². The van der Waals surface area contributed by atoms with Crippen LogP contribution in [0.1, 0.15) is 79.9 Å². The second kappa shape index (κ2) is 14.8. The second-order valence-electron chi connectivity index (χ2n) is 10.9. The van der Waals surface area contributed by atoms with Crippen molar-refractivity contribution in [3.63, 3.8) is 0 Å². The van der Waals surface area contributed by atoms with E-state index >= 15 is 0 Å². The molecule has 234 valence electrons. The minimum atomic E-state index is -2.78. The van der Waals surface area contributed by atoms with Crippen molar-refractivity contribution in [2.24, 2.45) is 0 Å². The average Bonchev–Trinajstić information content (AvgIpc) is 3.63. The number of carbonyl (C=O) groups is 4. The Labute approximate surface area is 255 Å². The van der Waals surface area contributed by atoms with Crippen molar-refractivity contribution < 1.29 is 37.4 Å². The first-order valence-electron chi connectivity index (χ1n) is 14.7. The summed E-state index contributed by atoms with van der Waals surface area (Å²) in [7, 11) is -1.24. The summed E-state index contributed by atoms with van der Waals surface area (Å²) < 4.78 is 34.4. The van der Waals surface area contributed by atoms with E-state index in [0.717, 1.165) is 21.8 Å². The summed E-state index contributed by atoms with van der Waals surface area (Å²) in [6.07, 6.45) is 5.70. The Kier molecular flexibility index (Phi) is 11.0. The van der Waals surface area contributed by atoms with E-state index in [4.69, 9.17) is 9.57 Å². The topological polar surface area (TPSA) is 121 Å². The molecule has 13 heteroatoms. The van der Waals surface area contributed by atoms with Crippen LogP contribution in [-0.2, 0) is 24.0 Å². The summed E-state index contributed by atoms with van der Waals surface area (Å²) in [5.41, 5.74) is 4.35. The Morgan fingerprint density at radius 2 is 1.77 bits per heavy atom. The highest BCUT2D eigenvalue weighted by atomic mass is 19.2. The number of H-pyrrole nitrogens is 1. The van der Waals surface area contributed by atoms with Gasteiger partial charge in [0.05, 0.1) is 13.2 Å².